The normalized spacial score (nSPS) is 17.3. The molecule has 0 heterocycles. The molecule has 202 valence electrons. The fraction of sp³-hybridized carbons (Fsp3) is 0.514. The van der Waals surface area contributed by atoms with Crippen molar-refractivity contribution in [2.45, 2.75) is 110 Å². The van der Waals surface area contributed by atoms with E-state index in [1.165, 1.54) is 89.0 Å². The molecule has 1 fully saturated rings. The molecule has 0 saturated heterocycles. The smallest absolute Gasteiger partial charge is 0.134 e. The summed E-state index contributed by atoms with van der Waals surface area (Å²) in [5.41, 5.74) is 4.23. The van der Waals surface area contributed by atoms with E-state index in [0.29, 0.717) is 5.39 Å². The predicted octanol–water partition coefficient (Wildman–Crippen LogP) is 10.8. The molecule has 0 aliphatic heterocycles. The van der Waals surface area contributed by atoms with Crippen LogP contribution >= 0.6 is 0 Å². The van der Waals surface area contributed by atoms with Crippen molar-refractivity contribution < 1.29 is 4.39 Å². The zero-order chi connectivity index (χ0) is 26.6. The van der Waals surface area contributed by atoms with Gasteiger partial charge in [0, 0.05) is 16.5 Å². The van der Waals surface area contributed by atoms with E-state index >= 15 is 4.39 Å². The van der Waals surface area contributed by atoms with Crippen LogP contribution in [0.15, 0.2) is 54.6 Å². The van der Waals surface area contributed by atoms with Crippen LogP contribution in [-0.4, -0.2) is 0 Å². The second-order valence-electron chi connectivity index (χ2n) is 11.7. The van der Waals surface area contributed by atoms with Crippen molar-refractivity contribution in [1.29, 1.82) is 0 Å². The van der Waals surface area contributed by atoms with Crippen LogP contribution in [0.4, 0.5) is 4.39 Å². The van der Waals surface area contributed by atoms with Gasteiger partial charge in [-0.15, -0.1) is 0 Å². The van der Waals surface area contributed by atoms with E-state index < -0.39 is 0 Å². The minimum atomic E-state index is -0.0610. The van der Waals surface area contributed by atoms with Gasteiger partial charge in [0.1, 0.15) is 5.82 Å². The largest absolute Gasteiger partial charge is 0.206 e. The molecule has 0 N–H and O–H groups in total. The van der Waals surface area contributed by atoms with Crippen LogP contribution in [0.25, 0.3) is 10.8 Å². The third-order valence-electron chi connectivity index (χ3n) is 8.66. The van der Waals surface area contributed by atoms with Crippen molar-refractivity contribution in [1.82, 2.24) is 0 Å². The Morgan fingerprint density at radius 3 is 2.05 bits per heavy atom. The number of rotatable bonds is 12. The van der Waals surface area contributed by atoms with Crippen molar-refractivity contribution >= 4 is 10.8 Å². The Hall–Kier alpha value is -2.59. The lowest BCUT2D eigenvalue weighted by Gasteiger charge is -2.28. The van der Waals surface area contributed by atoms with Gasteiger partial charge in [0.25, 0.3) is 0 Å². The van der Waals surface area contributed by atoms with Gasteiger partial charge in [-0.3, -0.25) is 0 Å². The summed E-state index contributed by atoms with van der Waals surface area (Å²) in [6.45, 7) is 4.50. The molecule has 0 nitrogen and oxygen atoms in total. The minimum absolute atomic E-state index is 0.0610. The number of fused-ring (bicyclic) bond motifs is 1. The fourth-order valence-electron chi connectivity index (χ4n) is 6.11. The first-order chi connectivity index (χ1) is 18.7. The molecule has 3 aromatic carbocycles. The summed E-state index contributed by atoms with van der Waals surface area (Å²) in [6, 6.07) is 18.7. The molecule has 38 heavy (non-hydrogen) atoms. The lowest BCUT2D eigenvalue weighted by Crippen LogP contribution is -2.15. The van der Waals surface area contributed by atoms with E-state index in [4.69, 9.17) is 0 Å². The molecule has 0 radical (unpaired) electrons. The standard InChI is InChI=1S/C37H47F/c1-3-5-7-9-11-34-25-26-35-28-33(24-27-36(35)37(34)38)23-22-32-20-18-31(19-21-32)17-16-30-14-12-29(13-15-30)10-8-6-4-2/h18-21,24-30H,3-17H2,1-2H3. The van der Waals surface area contributed by atoms with Gasteiger partial charge in [-0.25, -0.2) is 4.39 Å². The average Bonchev–Trinajstić information content (AvgIpc) is 2.95. The Labute approximate surface area is 231 Å². The Bertz CT molecular complexity index is 1190. The van der Waals surface area contributed by atoms with Crippen LogP contribution in [0, 0.1) is 29.5 Å². The number of hydrogen-bond donors (Lipinski definition) is 0. The Balaban J connectivity index is 1.27. The molecule has 0 unspecified atom stereocenters. The van der Waals surface area contributed by atoms with Crippen molar-refractivity contribution in [2.75, 3.05) is 0 Å². The number of unbranched alkanes of at least 4 members (excludes halogenated alkanes) is 5. The minimum Gasteiger partial charge on any atom is -0.206 e. The molecule has 1 saturated carbocycles. The lowest BCUT2D eigenvalue weighted by molar-refractivity contribution is 0.249. The summed E-state index contributed by atoms with van der Waals surface area (Å²) in [4.78, 5) is 0. The lowest BCUT2D eigenvalue weighted by atomic mass is 9.78. The first-order valence-corrected chi connectivity index (χ1v) is 15.5. The predicted molar refractivity (Wildman–Crippen MR) is 162 cm³/mol. The summed E-state index contributed by atoms with van der Waals surface area (Å²) in [7, 11) is 0. The molecular weight excluding hydrogens is 463 g/mol. The van der Waals surface area contributed by atoms with Crippen molar-refractivity contribution in [3.63, 3.8) is 0 Å². The summed E-state index contributed by atoms with van der Waals surface area (Å²) in [5.74, 6) is 8.44. The van der Waals surface area contributed by atoms with Crippen LogP contribution in [0.1, 0.15) is 120 Å². The molecule has 0 bridgehead atoms. The quantitative estimate of drug-likeness (QED) is 0.168. The molecule has 0 aromatic heterocycles. The highest BCUT2D eigenvalue weighted by Gasteiger charge is 2.20. The van der Waals surface area contributed by atoms with E-state index in [0.717, 1.165) is 46.8 Å². The van der Waals surface area contributed by atoms with Gasteiger partial charge in [-0.1, -0.05) is 127 Å². The molecule has 1 aliphatic carbocycles. The monoisotopic (exact) mass is 510 g/mol. The first-order valence-electron chi connectivity index (χ1n) is 15.5. The highest BCUT2D eigenvalue weighted by Crippen LogP contribution is 2.34. The Morgan fingerprint density at radius 2 is 1.32 bits per heavy atom. The van der Waals surface area contributed by atoms with Gasteiger partial charge in [-0.2, -0.15) is 0 Å². The molecule has 0 amide bonds. The first kappa shape index (κ1) is 28.4. The zero-order valence-corrected chi connectivity index (χ0v) is 23.8. The van der Waals surface area contributed by atoms with Gasteiger partial charge >= 0.3 is 0 Å². The molecule has 0 spiro atoms. The van der Waals surface area contributed by atoms with Crippen LogP contribution < -0.4 is 0 Å². The van der Waals surface area contributed by atoms with E-state index in [2.05, 4.69) is 50.0 Å². The number of benzene rings is 3. The van der Waals surface area contributed by atoms with Gasteiger partial charge in [-0.05, 0) is 78.3 Å². The highest BCUT2D eigenvalue weighted by atomic mass is 19.1. The van der Waals surface area contributed by atoms with Crippen LogP contribution in [0.5, 0.6) is 0 Å². The summed E-state index contributed by atoms with van der Waals surface area (Å²) >= 11 is 0. The van der Waals surface area contributed by atoms with Gasteiger partial charge in [0.15, 0.2) is 0 Å². The fourth-order valence-corrected chi connectivity index (χ4v) is 6.11. The highest BCUT2D eigenvalue weighted by molar-refractivity contribution is 5.85. The van der Waals surface area contributed by atoms with Gasteiger partial charge in [0.2, 0.25) is 0 Å². The maximum absolute atomic E-state index is 15.0. The SMILES string of the molecule is CCCCCCc1ccc2cc(C#Cc3ccc(CCC4CCC(CCCCC)CC4)cc3)ccc2c1F. The van der Waals surface area contributed by atoms with Crippen molar-refractivity contribution in [3.8, 4) is 11.8 Å². The van der Waals surface area contributed by atoms with Crippen LogP contribution in [0.2, 0.25) is 0 Å². The van der Waals surface area contributed by atoms with Gasteiger partial charge < -0.3 is 0 Å². The van der Waals surface area contributed by atoms with E-state index in [9.17, 15) is 0 Å². The maximum Gasteiger partial charge on any atom is 0.134 e. The zero-order valence-electron chi connectivity index (χ0n) is 23.8. The second kappa shape index (κ2) is 15.1. The average molecular weight is 511 g/mol. The summed E-state index contributed by atoms with van der Waals surface area (Å²) in [6.07, 6.45) is 19.3. The molecule has 1 heteroatoms. The number of hydrogen-bond acceptors (Lipinski definition) is 0. The van der Waals surface area contributed by atoms with Crippen LogP contribution in [-0.2, 0) is 12.8 Å². The topological polar surface area (TPSA) is 0 Å². The molecule has 3 aromatic rings. The number of halogens is 1. The molecule has 4 rings (SSSR count). The second-order valence-corrected chi connectivity index (χ2v) is 11.7. The molecule has 1 aliphatic rings. The number of aryl methyl sites for hydroxylation is 2. The molecule has 0 atom stereocenters. The third kappa shape index (κ3) is 8.46. The Morgan fingerprint density at radius 1 is 0.658 bits per heavy atom. The molecular formula is C37H47F. The van der Waals surface area contributed by atoms with Crippen molar-refractivity contribution in [2.24, 2.45) is 11.8 Å². The summed E-state index contributed by atoms with van der Waals surface area (Å²) in [5, 5.41) is 1.63. The summed E-state index contributed by atoms with van der Waals surface area (Å²) < 4.78 is 15.0. The maximum atomic E-state index is 15.0. The van der Waals surface area contributed by atoms with Crippen molar-refractivity contribution in [3.05, 3.63) is 82.7 Å². The third-order valence-corrected chi connectivity index (χ3v) is 8.66. The van der Waals surface area contributed by atoms with E-state index in [-0.39, 0.29) is 5.82 Å². The van der Waals surface area contributed by atoms with Gasteiger partial charge in [0.05, 0.1) is 0 Å². The van der Waals surface area contributed by atoms with Crippen LogP contribution in [0.3, 0.4) is 0 Å². The van der Waals surface area contributed by atoms with E-state index in [1.807, 2.05) is 30.3 Å². The Kier molecular flexibility index (Phi) is 11.3. The van der Waals surface area contributed by atoms with E-state index in [1.54, 1.807) is 0 Å².